The lowest BCUT2D eigenvalue weighted by molar-refractivity contribution is -0.148. The minimum absolute atomic E-state index is 0.0789. The Morgan fingerprint density at radius 3 is 2.47 bits per heavy atom. The molecule has 0 spiro atoms. The molecular formula is C12H24N2O4S. The molecule has 1 aliphatic heterocycles. The van der Waals surface area contributed by atoms with Gasteiger partial charge in [-0.25, -0.2) is 0 Å². The van der Waals surface area contributed by atoms with Crippen molar-refractivity contribution < 1.29 is 18.3 Å². The summed E-state index contributed by atoms with van der Waals surface area (Å²) in [5.74, 6) is -0.890. The molecule has 1 saturated heterocycles. The van der Waals surface area contributed by atoms with Gasteiger partial charge in [0.25, 0.3) is 10.2 Å². The average molecular weight is 292 g/mol. The highest BCUT2D eigenvalue weighted by Crippen LogP contribution is 2.37. The molecule has 0 aliphatic carbocycles. The Labute approximate surface area is 115 Å². The zero-order chi connectivity index (χ0) is 14.8. The van der Waals surface area contributed by atoms with Crippen molar-refractivity contribution in [2.45, 2.75) is 46.1 Å². The average Bonchev–Trinajstić information content (AvgIpc) is 2.74. The van der Waals surface area contributed by atoms with Crippen molar-refractivity contribution in [3.05, 3.63) is 0 Å². The molecule has 1 N–H and O–H groups in total. The Bertz CT molecular complexity index is 435. The fraction of sp³-hybridized carbons (Fsp3) is 0.917. The van der Waals surface area contributed by atoms with Gasteiger partial charge in [-0.15, -0.1) is 0 Å². The van der Waals surface area contributed by atoms with Gasteiger partial charge in [0.1, 0.15) is 0 Å². The number of hydrogen-bond donors (Lipinski definition) is 1. The standard InChI is InChI=1S/C12H24N2O4S/c1-5-6-12(11(15)16)7-8-14(9-12)19(17,18)13(4)10(2)3/h10H,5-9H2,1-4H3,(H,15,16). The van der Waals surface area contributed by atoms with Crippen LogP contribution in [0, 0.1) is 5.41 Å². The van der Waals surface area contributed by atoms with Crippen LogP contribution in [0.4, 0.5) is 0 Å². The van der Waals surface area contributed by atoms with Gasteiger partial charge in [-0.1, -0.05) is 13.3 Å². The maximum atomic E-state index is 12.3. The number of rotatable bonds is 6. The minimum Gasteiger partial charge on any atom is -0.481 e. The Balaban J connectivity index is 2.94. The van der Waals surface area contributed by atoms with Crippen molar-refractivity contribution in [1.29, 1.82) is 0 Å². The fourth-order valence-corrected chi connectivity index (χ4v) is 4.07. The number of hydrogen-bond acceptors (Lipinski definition) is 3. The summed E-state index contributed by atoms with van der Waals surface area (Å²) in [6.07, 6.45) is 1.64. The summed E-state index contributed by atoms with van der Waals surface area (Å²) in [7, 11) is -2.03. The molecule has 1 atom stereocenters. The summed E-state index contributed by atoms with van der Waals surface area (Å²) in [6.45, 7) is 5.87. The molecule has 6 nitrogen and oxygen atoms in total. The van der Waals surface area contributed by atoms with E-state index >= 15 is 0 Å². The molecule has 1 fully saturated rings. The third-order valence-corrected chi connectivity index (χ3v) is 6.03. The van der Waals surface area contributed by atoms with Crippen LogP contribution in [0.25, 0.3) is 0 Å². The van der Waals surface area contributed by atoms with Gasteiger partial charge in [0.2, 0.25) is 0 Å². The summed E-state index contributed by atoms with van der Waals surface area (Å²) in [5, 5.41) is 9.39. The van der Waals surface area contributed by atoms with Crippen molar-refractivity contribution in [1.82, 2.24) is 8.61 Å². The van der Waals surface area contributed by atoms with Crippen LogP contribution in [0.15, 0.2) is 0 Å². The Hall–Kier alpha value is -0.660. The minimum atomic E-state index is -3.56. The molecule has 1 unspecified atom stereocenters. The smallest absolute Gasteiger partial charge is 0.311 e. The number of carboxylic acid groups (broad SMARTS) is 1. The van der Waals surface area contributed by atoms with Crippen molar-refractivity contribution in [3.8, 4) is 0 Å². The topological polar surface area (TPSA) is 77.9 Å². The molecule has 0 radical (unpaired) electrons. The first-order chi connectivity index (χ1) is 8.67. The quantitative estimate of drug-likeness (QED) is 0.796. The molecule has 0 bridgehead atoms. The molecule has 1 rings (SSSR count). The van der Waals surface area contributed by atoms with E-state index in [-0.39, 0.29) is 19.1 Å². The van der Waals surface area contributed by atoms with Crippen LogP contribution in [0.1, 0.15) is 40.0 Å². The van der Waals surface area contributed by atoms with Crippen molar-refractivity contribution in [2.75, 3.05) is 20.1 Å². The molecule has 0 amide bonds. The molecule has 1 heterocycles. The summed E-state index contributed by atoms with van der Waals surface area (Å²) < 4.78 is 27.3. The van der Waals surface area contributed by atoms with E-state index in [0.29, 0.717) is 12.8 Å². The van der Waals surface area contributed by atoms with Crippen LogP contribution in [0.3, 0.4) is 0 Å². The van der Waals surface area contributed by atoms with Crippen molar-refractivity contribution in [2.24, 2.45) is 5.41 Å². The first-order valence-electron chi connectivity index (χ1n) is 6.64. The molecule has 1 aliphatic rings. The third kappa shape index (κ3) is 3.09. The molecule has 0 aromatic heterocycles. The van der Waals surface area contributed by atoms with Crippen molar-refractivity contribution >= 4 is 16.2 Å². The maximum Gasteiger partial charge on any atom is 0.311 e. The molecule has 112 valence electrons. The van der Waals surface area contributed by atoms with E-state index in [1.807, 2.05) is 6.92 Å². The fourth-order valence-electron chi connectivity index (χ4n) is 2.44. The second-order valence-corrected chi connectivity index (χ2v) is 7.52. The summed E-state index contributed by atoms with van der Waals surface area (Å²) in [5.41, 5.74) is -0.917. The van der Waals surface area contributed by atoms with E-state index in [0.717, 1.165) is 6.42 Å². The van der Waals surface area contributed by atoms with Crippen LogP contribution in [0.2, 0.25) is 0 Å². The summed E-state index contributed by atoms with van der Waals surface area (Å²) in [4.78, 5) is 11.5. The number of nitrogens with zero attached hydrogens (tertiary/aromatic N) is 2. The van der Waals surface area contributed by atoms with E-state index in [2.05, 4.69) is 0 Å². The van der Waals surface area contributed by atoms with Crippen LogP contribution in [0.5, 0.6) is 0 Å². The highest BCUT2D eigenvalue weighted by atomic mass is 32.2. The summed E-state index contributed by atoms with van der Waals surface area (Å²) >= 11 is 0. The van der Waals surface area contributed by atoms with Crippen molar-refractivity contribution in [3.63, 3.8) is 0 Å². The first kappa shape index (κ1) is 16.4. The van der Waals surface area contributed by atoms with Crippen LogP contribution >= 0.6 is 0 Å². The van der Waals surface area contributed by atoms with Gasteiger partial charge in [-0.3, -0.25) is 4.79 Å². The van der Waals surface area contributed by atoms with E-state index in [9.17, 15) is 18.3 Å². The lowest BCUT2D eigenvalue weighted by Crippen LogP contribution is -2.45. The predicted octanol–water partition coefficient (Wildman–Crippen LogP) is 1.15. The van der Waals surface area contributed by atoms with Crippen LogP contribution in [-0.2, 0) is 15.0 Å². The Morgan fingerprint density at radius 1 is 1.47 bits per heavy atom. The molecule has 0 aromatic carbocycles. The lowest BCUT2D eigenvalue weighted by Gasteiger charge is -2.28. The molecule has 19 heavy (non-hydrogen) atoms. The number of aliphatic carboxylic acids is 1. The highest BCUT2D eigenvalue weighted by Gasteiger charge is 2.48. The van der Waals surface area contributed by atoms with E-state index in [4.69, 9.17) is 0 Å². The molecule has 7 heteroatoms. The summed E-state index contributed by atoms with van der Waals surface area (Å²) in [6, 6.07) is -0.143. The van der Waals surface area contributed by atoms with Gasteiger partial charge in [-0.2, -0.15) is 17.0 Å². The van der Waals surface area contributed by atoms with Gasteiger partial charge >= 0.3 is 5.97 Å². The third-order valence-electron chi connectivity index (χ3n) is 3.92. The van der Waals surface area contributed by atoms with E-state index in [1.54, 1.807) is 13.8 Å². The predicted molar refractivity (Wildman–Crippen MR) is 73.0 cm³/mol. The van der Waals surface area contributed by atoms with Crippen LogP contribution < -0.4 is 0 Å². The van der Waals surface area contributed by atoms with Gasteiger partial charge < -0.3 is 5.11 Å². The zero-order valence-electron chi connectivity index (χ0n) is 12.1. The zero-order valence-corrected chi connectivity index (χ0v) is 12.9. The molecule has 0 aromatic rings. The monoisotopic (exact) mass is 292 g/mol. The first-order valence-corrected chi connectivity index (χ1v) is 8.03. The highest BCUT2D eigenvalue weighted by molar-refractivity contribution is 7.86. The van der Waals surface area contributed by atoms with Gasteiger partial charge in [0.15, 0.2) is 0 Å². The van der Waals surface area contributed by atoms with Gasteiger partial charge in [-0.05, 0) is 26.7 Å². The Kier molecular flexibility index (Phi) is 4.97. The SMILES string of the molecule is CCCC1(C(=O)O)CCN(S(=O)(=O)N(C)C(C)C)C1. The number of carbonyl (C=O) groups is 1. The largest absolute Gasteiger partial charge is 0.481 e. The second-order valence-electron chi connectivity index (χ2n) is 5.54. The number of carboxylic acids is 1. The molecular weight excluding hydrogens is 268 g/mol. The van der Waals surface area contributed by atoms with E-state index in [1.165, 1.54) is 15.7 Å². The maximum absolute atomic E-state index is 12.3. The molecule has 0 saturated carbocycles. The second kappa shape index (κ2) is 5.76. The van der Waals surface area contributed by atoms with Gasteiger partial charge in [0, 0.05) is 26.2 Å². The normalized spacial score (nSPS) is 25.4. The van der Waals surface area contributed by atoms with Crippen LogP contribution in [-0.4, -0.2) is 54.3 Å². The van der Waals surface area contributed by atoms with E-state index < -0.39 is 21.6 Å². The lowest BCUT2D eigenvalue weighted by atomic mass is 9.83. The Morgan fingerprint density at radius 2 is 2.05 bits per heavy atom. The van der Waals surface area contributed by atoms with Gasteiger partial charge in [0.05, 0.1) is 5.41 Å².